The van der Waals surface area contributed by atoms with E-state index in [4.69, 9.17) is 4.74 Å². The first-order chi connectivity index (χ1) is 14.5. The minimum atomic E-state index is -0.394. The minimum absolute atomic E-state index is 0.0787. The van der Waals surface area contributed by atoms with Crippen LogP contribution in [0.5, 0.6) is 5.75 Å². The lowest BCUT2D eigenvalue weighted by Crippen LogP contribution is -2.33. The second kappa shape index (κ2) is 10.2. The number of amides is 1. The highest BCUT2D eigenvalue weighted by Crippen LogP contribution is 2.19. The molecular formula is C26H25NO3. The van der Waals surface area contributed by atoms with E-state index < -0.39 is 5.91 Å². The second-order valence-electron chi connectivity index (χ2n) is 7.23. The molecule has 4 nitrogen and oxygen atoms in total. The van der Waals surface area contributed by atoms with Crippen molar-refractivity contribution in [1.82, 2.24) is 5.32 Å². The smallest absolute Gasteiger partial charge is 0.255 e. The van der Waals surface area contributed by atoms with Crippen molar-refractivity contribution in [1.29, 1.82) is 0 Å². The fourth-order valence-corrected chi connectivity index (χ4v) is 2.91. The summed E-state index contributed by atoms with van der Waals surface area (Å²) in [6.07, 6.45) is 1.62. The zero-order valence-corrected chi connectivity index (χ0v) is 17.2. The van der Waals surface area contributed by atoms with Crippen LogP contribution in [0, 0.1) is 0 Å². The number of carbonyl (C=O) groups is 2. The van der Waals surface area contributed by atoms with Gasteiger partial charge in [0.05, 0.1) is 5.57 Å². The molecule has 0 saturated heterocycles. The first-order valence-electron chi connectivity index (χ1n) is 9.92. The van der Waals surface area contributed by atoms with E-state index in [1.165, 1.54) is 0 Å². The van der Waals surface area contributed by atoms with Gasteiger partial charge in [0, 0.05) is 11.6 Å². The standard InChI is InChI=1S/C26H25NO3/c1-19(2)27-26(29)24(16-20-10-5-3-6-11-20)25(28)22-14-9-15-23(17-22)30-18-21-12-7-4-8-13-21/h3-17,19H,18H2,1-2H3,(H,27,29). The third kappa shape index (κ3) is 5.92. The summed E-state index contributed by atoms with van der Waals surface area (Å²) in [7, 11) is 0. The molecule has 0 aliphatic carbocycles. The molecule has 1 N–H and O–H groups in total. The zero-order chi connectivity index (χ0) is 21.3. The highest BCUT2D eigenvalue weighted by molar-refractivity contribution is 6.28. The van der Waals surface area contributed by atoms with E-state index in [9.17, 15) is 9.59 Å². The molecule has 0 aliphatic heterocycles. The van der Waals surface area contributed by atoms with Gasteiger partial charge in [0.1, 0.15) is 12.4 Å². The number of rotatable bonds is 8. The molecule has 0 atom stereocenters. The summed E-state index contributed by atoms with van der Waals surface area (Å²) in [5.41, 5.74) is 2.32. The Balaban J connectivity index is 1.85. The molecule has 1 amide bonds. The average molecular weight is 399 g/mol. The monoisotopic (exact) mass is 399 g/mol. The Morgan fingerprint density at radius 3 is 2.23 bits per heavy atom. The number of carbonyl (C=O) groups excluding carboxylic acids is 2. The van der Waals surface area contributed by atoms with Crippen LogP contribution in [0.1, 0.15) is 35.3 Å². The van der Waals surface area contributed by atoms with Crippen molar-refractivity contribution < 1.29 is 14.3 Å². The summed E-state index contributed by atoms with van der Waals surface area (Å²) in [5, 5.41) is 2.82. The van der Waals surface area contributed by atoms with Crippen LogP contribution in [0.15, 0.2) is 90.5 Å². The van der Waals surface area contributed by atoms with Crippen molar-refractivity contribution >= 4 is 17.8 Å². The van der Waals surface area contributed by atoms with E-state index in [1.54, 1.807) is 30.3 Å². The van der Waals surface area contributed by atoms with Crippen LogP contribution >= 0.6 is 0 Å². The largest absolute Gasteiger partial charge is 0.489 e. The van der Waals surface area contributed by atoms with Crippen LogP contribution in [-0.4, -0.2) is 17.7 Å². The molecule has 152 valence electrons. The predicted octanol–water partition coefficient (Wildman–Crippen LogP) is 5.06. The zero-order valence-electron chi connectivity index (χ0n) is 17.2. The summed E-state index contributed by atoms with van der Waals surface area (Å²) in [6, 6.07) is 26.0. The van der Waals surface area contributed by atoms with Gasteiger partial charge >= 0.3 is 0 Å². The molecule has 0 heterocycles. The maximum Gasteiger partial charge on any atom is 0.255 e. The second-order valence-corrected chi connectivity index (χ2v) is 7.23. The number of ketones is 1. The van der Waals surface area contributed by atoms with Gasteiger partial charge in [-0.2, -0.15) is 0 Å². The topological polar surface area (TPSA) is 55.4 Å². The van der Waals surface area contributed by atoms with Crippen LogP contribution in [0.25, 0.3) is 6.08 Å². The van der Waals surface area contributed by atoms with Crippen LogP contribution < -0.4 is 10.1 Å². The highest BCUT2D eigenvalue weighted by atomic mass is 16.5. The number of ether oxygens (including phenoxy) is 1. The van der Waals surface area contributed by atoms with E-state index in [-0.39, 0.29) is 17.4 Å². The Labute approximate surface area is 177 Å². The summed E-state index contributed by atoms with van der Waals surface area (Å²) in [6.45, 7) is 4.13. The molecule has 3 rings (SSSR count). The van der Waals surface area contributed by atoms with Gasteiger partial charge in [0.2, 0.25) is 0 Å². The van der Waals surface area contributed by atoms with Crippen LogP contribution in [0.4, 0.5) is 0 Å². The Kier molecular flexibility index (Phi) is 7.17. The Hall–Kier alpha value is -3.66. The maximum atomic E-state index is 13.2. The van der Waals surface area contributed by atoms with Gasteiger partial charge in [-0.25, -0.2) is 0 Å². The SMILES string of the molecule is CC(C)NC(=O)C(=Cc1ccccc1)C(=O)c1cccc(OCc2ccccc2)c1. The fraction of sp³-hybridized carbons (Fsp3) is 0.154. The normalized spacial score (nSPS) is 11.2. The van der Waals surface area contributed by atoms with Gasteiger partial charge < -0.3 is 10.1 Å². The number of hydrogen-bond acceptors (Lipinski definition) is 3. The van der Waals surface area contributed by atoms with Gasteiger partial charge in [-0.15, -0.1) is 0 Å². The molecule has 0 spiro atoms. The molecule has 0 saturated carbocycles. The van der Waals surface area contributed by atoms with Crippen molar-refractivity contribution in [2.24, 2.45) is 0 Å². The average Bonchev–Trinajstić information content (AvgIpc) is 2.77. The molecule has 0 radical (unpaired) electrons. The molecular weight excluding hydrogens is 374 g/mol. The Bertz CT molecular complexity index is 1020. The number of nitrogens with one attached hydrogen (secondary N) is 1. The van der Waals surface area contributed by atoms with Crippen LogP contribution in [0.3, 0.4) is 0 Å². The third-order valence-electron chi connectivity index (χ3n) is 4.36. The lowest BCUT2D eigenvalue weighted by atomic mass is 9.99. The van der Waals surface area contributed by atoms with Gasteiger partial charge in [0.25, 0.3) is 5.91 Å². The molecule has 3 aromatic carbocycles. The molecule has 0 unspecified atom stereocenters. The number of hydrogen-bond donors (Lipinski definition) is 1. The van der Waals surface area contributed by atoms with Crippen molar-refractivity contribution in [3.05, 3.63) is 107 Å². The van der Waals surface area contributed by atoms with Crippen molar-refractivity contribution in [3.8, 4) is 5.75 Å². The van der Waals surface area contributed by atoms with Gasteiger partial charge in [-0.1, -0.05) is 72.8 Å². The van der Waals surface area contributed by atoms with Gasteiger partial charge in [0.15, 0.2) is 5.78 Å². The maximum absolute atomic E-state index is 13.2. The lowest BCUT2D eigenvalue weighted by Gasteiger charge is -2.12. The third-order valence-corrected chi connectivity index (χ3v) is 4.36. The molecule has 3 aromatic rings. The van der Waals surface area contributed by atoms with Gasteiger partial charge in [-0.05, 0) is 43.2 Å². The van der Waals surface area contributed by atoms with Crippen molar-refractivity contribution in [2.45, 2.75) is 26.5 Å². The quantitative estimate of drug-likeness (QED) is 0.249. The van der Waals surface area contributed by atoms with E-state index in [0.29, 0.717) is 17.9 Å². The summed E-state index contributed by atoms with van der Waals surface area (Å²) in [5.74, 6) is -0.162. The van der Waals surface area contributed by atoms with E-state index in [1.807, 2.05) is 74.5 Å². The highest BCUT2D eigenvalue weighted by Gasteiger charge is 2.21. The molecule has 0 aliphatic rings. The lowest BCUT2D eigenvalue weighted by molar-refractivity contribution is -0.117. The summed E-state index contributed by atoms with van der Waals surface area (Å²) >= 11 is 0. The molecule has 0 bridgehead atoms. The predicted molar refractivity (Wildman–Crippen MR) is 119 cm³/mol. The minimum Gasteiger partial charge on any atom is -0.489 e. The van der Waals surface area contributed by atoms with E-state index >= 15 is 0 Å². The summed E-state index contributed by atoms with van der Waals surface area (Å²) in [4.78, 5) is 26.0. The first-order valence-corrected chi connectivity index (χ1v) is 9.92. The van der Waals surface area contributed by atoms with Gasteiger partial charge in [-0.3, -0.25) is 9.59 Å². The van der Waals surface area contributed by atoms with Crippen LogP contribution in [0.2, 0.25) is 0 Å². The molecule has 4 heteroatoms. The summed E-state index contributed by atoms with van der Waals surface area (Å²) < 4.78 is 5.83. The molecule has 30 heavy (non-hydrogen) atoms. The van der Waals surface area contributed by atoms with E-state index in [0.717, 1.165) is 11.1 Å². The number of Topliss-reactive ketones (excluding diaryl/α,β-unsaturated/α-hetero) is 1. The first kappa shape index (κ1) is 21.1. The fourth-order valence-electron chi connectivity index (χ4n) is 2.91. The van der Waals surface area contributed by atoms with Crippen molar-refractivity contribution in [3.63, 3.8) is 0 Å². The Morgan fingerprint density at radius 1 is 0.900 bits per heavy atom. The van der Waals surface area contributed by atoms with Crippen molar-refractivity contribution in [2.75, 3.05) is 0 Å². The van der Waals surface area contributed by atoms with E-state index in [2.05, 4.69) is 5.32 Å². The Morgan fingerprint density at radius 2 is 1.57 bits per heavy atom. The molecule has 0 fully saturated rings. The van der Waals surface area contributed by atoms with Crippen LogP contribution in [-0.2, 0) is 11.4 Å². The number of benzene rings is 3. The molecule has 0 aromatic heterocycles.